The number of rotatable bonds is 7. The third kappa shape index (κ3) is 5.43. The van der Waals surface area contributed by atoms with Crippen molar-refractivity contribution in [3.63, 3.8) is 0 Å². The normalized spacial score (nSPS) is 23.0. The van der Waals surface area contributed by atoms with E-state index in [1.165, 1.54) is 19.3 Å². The maximum Gasteiger partial charge on any atom is 0.237 e. The summed E-state index contributed by atoms with van der Waals surface area (Å²) in [7, 11) is 0. The van der Waals surface area contributed by atoms with Crippen molar-refractivity contribution in [2.75, 3.05) is 13.2 Å². The van der Waals surface area contributed by atoms with Crippen LogP contribution >= 0.6 is 0 Å². The van der Waals surface area contributed by atoms with Gasteiger partial charge in [0.2, 0.25) is 5.91 Å². The van der Waals surface area contributed by atoms with Crippen molar-refractivity contribution in [2.24, 2.45) is 11.7 Å². The van der Waals surface area contributed by atoms with E-state index in [1.54, 1.807) is 0 Å². The van der Waals surface area contributed by atoms with Gasteiger partial charge >= 0.3 is 0 Å². The molecule has 1 aromatic rings. The number of hydrogen-bond donors (Lipinski definition) is 2. The largest absolute Gasteiger partial charge is 0.376 e. The van der Waals surface area contributed by atoms with Gasteiger partial charge in [0.05, 0.1) is 18.8 Å². The zero-order chi connectivity index (χ0) is 15.8. The lowest BCUT2D eigenvalue weighted by molar-refractivity contribution is -0.122. The number of benzene rings is 1. The van der Waals surface area contributed by atoms with Gasteiger partial charge in [0.25, 0.3) is 0 Å². The van der Waals surface area contributed by atoms with E-state index in [-0.39, 0.29) is 5.91 Å². The summed E-state index contributed by atoms with van der Waals surface area (Å²) in [4.78, 5) is 12.0. The molecule has 0 saturated heterocycles. The van der Waals surface area contributed by atoms with Crippen LogP contribution in [0.1, 0.15) is 38.2 Å². The molecule has 4 heteroatoms. The first kappa shape index (κ1) is 17.0. The zero-order valence-corrected chi connectivity index (χ0v) is 13.5. The smallest absolute Gasteiger partial charge is 0.237 e. The molecule has 0 spiro atoms. The number of nitrogens with one attached hydrogen (secondary N) is 1. The van der Waals surface area contributed by atoms with Gasteiger partial charge in [-0.15, -0.1) is 0 Å². The highest BCUT2D eigenvalue weighted by Crippen LogP contribution is 2.25. The lowest BCUT2D eigenvalue weighted by Gasteiger charge is -2.28. The number of amides is 1. The van der Waals surface area contributed by atoms with Gasteiger partial charge < -0.3 is 15.8 Å². The number of carbonyl (C=O) groups excluding carboxylic acids is 1. The molecule has 3 N–H and O–H groups in total. The molecule has 0 aliphatic heterocycles. The van der Waals surface area contributed by atoms with Gasteiger partial charge in [0.1, 0.15) is 0 Å². The van der Waals surface area contributed by atoms with Gasteiger partial charge in [-0.2, -0.15) is 0 Å². The first-order valence-corrected chi connectivity index (χ1v) is 8.35. The Bertz CT molecular complexity index is 450. The fourth-order valence-electron chi connectivity index (χ4n) is 3.01. The molecule has 122 valence electrons. The van der Waals surface area contributed by atoms with Crippen molar-refractivity contribution >= 4 is 5.91 Å². The predicted molar refractivity (Wildman–Crippen MR) is 88.5 cm³/mol. The van der Waals surface area contributed by atoms with Gasteiger partial charge in [0, 0.05) is 6.54 Å². The molecular formula is C18H28N2O2. The third-order valence-electron chi connectivity index (χ3n) is 4.40. The van der Waals surface area contributed by atoms with Crippen LogP contribution in [0.2, 0.25) is 0 Å². The Hall–Kier alpha value is -1.39. The molecule has 2 rings (SSSR count). The molecule has 0 bridgehead atoms. The molecule has 1 aliphatic rings. The lowest BCUT2D eigenvalue weighted by atomic mass is 9.88. The minimum absolute atomic E-state index is 0.107. The Morgan fingerprint density at radius 2 is 2.05 bits per heavy atom. The van der Waals surface area contributed by atoms with Crippen LogP contribution in [0, 0.1) is 5.92 Å². The van der Waals surface area contributed by atoms with Crippen LogP contribution < -0.4 is 11.1 Å². The number of nitrogens with two attached hydrogens (primary N) is 1. The van der Waals surface area contributed by atoms with Gasteiger partial charge in [-0.25, -0.2) is 0 Å². The van der Waals surface area contributed by atoms with E-state index in [0.717, 1.165) is 12.0 Å². The summed E-state index contributed by atoms with van der Waals surface area (Å²) in [6, 6.07) is 9.34. The molecule has 1 amide bonds. The van der Waals surface area contributed by atoms with Crippen molar-refractivity contribution in [1.82, 2.24) is 5.32 Å². The summed E-state index contributed by atoms with van der Waals surface area (Å²) in [5.41, 5.74) is 7.02. The van der Waals surface area contributed by atoms with Crippen LogP contribution in [0.3, 0.4) is 0 Å². The number of ether oxygens (including phenoxy) is 1. The van der Waals surface area contributed by atoms with Crippen LogP contribution in [0.4, 0.5) is 0 Å². The topological polar surface area (TPSA) is 64.3 Å². The molecule has 0 radical (unpaired) electrons. The molecule has 3 unspecified atom stereocenters. The first-order valence-electron chi connectivity index (χ1n) is 8.35. The van der Waals surface area contributed by atoms with E-state index in [2.05, 4.69) is 12.2 Å². The average molecular weight is 304 g/mol. The van der Waals surface area contributed by atoms with Gasteiger partial charge in [0.15, 0.2) is 0 Å². The predicted octanol–water partition coefficient (Wildman–Crippen LogP) is 2.27. The molecule has 1 aromatic carbocycles. The van der Waals surface area contributed by atoms with Crippen LogP contribution in [-0.2, 0) is 16.0 Å². The molecule has 4 nitrogen and oxygen atoms in total. The van der Waals surface area contributed by atoms with Crippen LogP contribution in [0.25, 0.3) is 0 Å². The zero-order valence-electron chi connectivity index (χ0n) is 13.5. The van der Waals surface area contributed by atoms with Crippen molar-refractivity contribution in [1.29, 1.82) is 0 Å². The Balaban J connectivity index is 1.62. The molecule has 3 atom stereocenters. The van der Waals surface area contributed by atoms with E-state index in [9.17, 15) is 4.79 Å². The molecular weight excluding hydrogens is 276 g/mol. The molecule has 0 heterocycles. The second kappa shape index (κ2) is 8.91. The average Bonchev–Trinajstić information content (AvgIpc) is 2.53. The SMILES string of the molecule is CC1CCCCC1OCCNC(=O)C(N)Cc1ccccc1. The van der Waals surface area contributed by atoms with E-state index in [4.69, 9.17) is 10.5 Å². The summed E-state index contributed by atoms with van der Waals surface area (Å²) in [6.45, 7) is 3.35. The van der Waals surface area contributed by atoms with E-state index < -0.39 is 6.04 Å². The van der Waals surface area contributed by atoms with E-state index in [0.29, 0.717) is 31.6 Å². The highest BCUT2D eigenvalue weighted by atomic mass is 16.5. The summed E-state index contributed by atoms with van der Waals surface area (Å²) in [5.74, 6) is 0.522. The molecule has 22 heavy (non-hydrogen) atoms. The second-order valence-electron chi connectivity index (χ2n) is 6.26. The summed E-state index contributed by atoms with van der Waals surface area (Å²) >= 11 is 0. The maximum atomic E-state index is 12.0. The van der Waals surface area contributed by atoms with E-state index >= 15 is 0 Å². The quantitative estimate of drug-likeness (QED) is 0.760. The third-order valence-corrected chi connectivity index (χ3v) is 4.40. The van der Waals surface area contributed by atoms with Gasteiger partial charge in [-0.05, 0) is 30.7 Å². The number of hydrogen-bond acceptors (Lipinski definition) is 3. The minimum atomic E-state index is -0.504. The molecule has 0 aromatic heterocycles. The fraction of sp³-hybridized carbons (Fsp3) is 0.611. The minimum Gasteiger partial charge on any atom is -0.376 e. The van der Waals surface area contributed by atoms with E-state index in [1.807, 2.05) is 30.3 Å². The highest BCUT2D eigenvalue weighted by Gasteiger charge is 2.21. The fourth-order valence-corrected chi connectivity index (χ4v) is 3.01. The summed E-state index contributed by atoms with van der Waals surface area (Å²) in [6.07, 6.45) is 5.87. The standard InChI is InChI=1S/C18H28N2O2/c1-14-7-5-6-10-17(14)22-12-11-20-18(21)16(19)13-15-8-3-2-4-9-15/h2-4,8-9,14,16-17H,5-7,10-13,19H2,1H3,(H,20,21). The highest BCUT2D eigenvalue weighted by molar-refractivity contribution is 5.81. The first-order chi connectivity index (χ1) is 10.7. The maximum absolute atomic E-state index is 12.0. The summed E-state index contributed by atoms with van der Waals surface area (Å²) < 4.78 is 5.89. The van der Waals surface area contributed by atoms with Crippen LogP contribution in [0.5, 0.6) is 0 Å². The lowest BCUT2D eigenvalue weighted by Crippen LogP contribution is -2.43. The van der Waals surface area contributed by atoms with Crippen LogP contribution in [0.15, 0.2) is 30.3 Å². The Morgan fingerprint density at radius 3 is 2.77 bits per heavy atom. The van der Waals surface area contributed by atoms with Crippen molar-refractivity contribution in [3.05, 3.63) is 35.9 Å². The Kier molecular flexibility index (Phi) is 6.87. The van der Waals surface area contributed by atoms with Gasteiger partial charge in [-0.3, -0.25) is 4.79 Å². The van der Waals surface area contributed by atoms with Crippen molar-refractivity contribution in [2.45, 2.75) is 51.2 Å². The number of carbonyl (C=O) groups is 1. The molecule has 1 fully saturated rings. The molecule has 1 aliphatic carbocycles. The Labute approximate surface area is 133 Å². The van der Waals surface area contributed by atoms with Crippen molar-refractivity contribution < 1.29 is 9.53 Å². The summed E-state index contributed by atoms with van der Waals surface area (Å²) in [5, 5.41) is 2.87. The van der Waals surface area contributed by atoms with Crippen LogP contribution in [-0.4, -0.2) is 31.2 Å². The molecule has 1 saturated carbocycles. The second-order valence-corrected chi connectivity index (χ2v) is 6.26. The van der Waals surface area contributed by atoms with Gasteiger partial charge in [-0.1, -0.05) is 50.1 Å². The van der Waals surface area contributed by atoms with Crippen molar-refractivity contribution in [3.8, 4) is 0 Å². The monoisotopic (exact) mass is 304 g/mol. The Morgan fingerprint density at radius 1 is 1.32 bits per heavy atom.